The van der Waals surface area contributed by atoms with E-state index in [1.54, 1.807) is 13.0 Å². The number of nitrogens with one attached hydrogen (secondary N) is 1. The van der Waals surface area contributed by atoms with Gasteiger partial charge in [0.15, 0.2) is 0 Å². The van der Waals surface area contributed by atoms with Gasteiger partial charge in [0.1, 0.15) is 0 Å². The third kappa shape index (κ3) is 5.61. The fraction of sp³-hybridized carbons (Fsp3) is 0.261. The Morgan fingerprint density at radius 2 is 1.88 bits per heavy atom. The summed E-state index contributed by atoms with van der Waals surface area (Å²) in [5, 5.41) is 12.4. The number of hydrogen-bond acceptors (Lipinski definition) is 2. The summed E-state index contributed by atoms with van der Waals surface area (Å²) in [6, 6.07) is 15.9. The average molecular weight is 345 g/mol. The molecule has 2 aromatic carbocycles. The van der Waals surface area contributed by atoms with Gasteiger partial charge in [0.05, 0.1) is 0 Å². The maximum absolute atomic E-state index is 10.9. The zero-order chi connectivity index (χ0) is 18.4. The molecule has 1 fully saturated rings. The van der Waals surface area contributed by atoms with Crippen LogP contribution in [0, 0.1) is 17.8 Å². The predicted molar refractivity (Wildman–Crippen MR) is 105 cm³/mol. The monoisotopic (exact) mass is 345 g/mol. The summed E-state index contributed by atoms with van der Waals surface area (Å²) in [4.78, 5) is 10.9. The highest BCUT2D eigenvalue weighted by Gasteiger charge is 2.19. The second-order valence-corrected chi connectivity index (χ2v) is 6.78. The molecule has 0 aromatic heterocycles. The quantitative estimate of drug-likeness (QED) is 0.613. The molecule has 132 valence electrons. The summed E-state index contributed by atoms with van der Waals surface area (Å²) in [6.07, 6.45) is 4.38. The Morgan fingerprint density at radius 1 is 1.15 bits per heavy atom. The SMILES string of the molecule is CC(=Cc1ccc(C#Cc2cccc(CNCC3CC3)c2)cc1)C(=O)O. The molecule has 26 heavy (non-hydrogen) atoms. The van der Waals surface area contributed by atoms with Crippen LogP contribution >= 0.6 is 0 Å². The van der Waals surface area contributed by atoms with Gasteiger partial charge in [0.2, 0.25) is 0 Å². The van der Waals surface area contributed by atoms with Gasteiger partial charge >= 0.3 is 5.97 Å². The number of hydrogen-bond donors (Lipinski definition) is 2. The lowest BCUT2D eigenvalue weighted by molar-refractivity contribution is -0.132. The smallest absolute Gasteiger partial charge is 0.331 e. The Bertz CT molecular complexity index is 865. The Balaban J connectivity index is 1.63. The lowest BCUT2D eigenvalue weighted by Gasteiger charge is -2.04. The van der Waals surface area contributed by atoms with Crippen LogP contribution < -0.4 is 5.32 Å². The minimum Gasteiger partial charge on any atom is -0.478 e. The second kappa shape index (κ2) is 8.51. The Kier molecular flexibility index (Phi) is 5.88. The van der Waals surface area contributed by atoms with Crippen LogP contribution in [0.4, 0.5) is 0 Å². The van der Waals surface area contributed by atoms with Crippen molar-refractivity contribution >= 4 is 12.0 Å². The molecule has 2 aromatic rings. The van der Waals surface area contributed by atoms with Crippen LogP contribution in [-0.2, 0) is 11.3 Å². The third-order valence-corrected chi connectivity index (χ3v) is 4.37. The summed E-state index contributed by atoms with van der Waals surface area (Å²) in [6.45, 7) is 3.58. The summed E-state index contributed by atoms with van der Waals surface area (Å²) in [5.74, 6) is 6.35. The number of carboxylic acids is 1. The molecule has 3 heteroatoms. The van der Waals surface area contributed by atoms with E-state index < -0.39 is 5.97 Å². The number of aliphatic carboxylic acids is 1. The van der Waals surface area contributed by atoms with Gasteiger partial charge in [-0.05, 0) is 73.7 Å². The molecular formula is C23H23NO2. The summed E-state index contributed by atoms with van der Waals surface area (Å²) in [5.41, 5.74) is 4.34. The predicted octanol–water partition coefficient (Wildman–Crippen LogP) is 4.07. The van der Waals surface area contributed by atoms with Crippen LogP contribution in [-0.4, -0.2) is 17.6 Å². The molecule has 0 atom stereocenters. The first-order valence-corrected chi connectivity index (χ1v) is 8.93. The van der Waals surface area contributed by atoms with E-state index in [0.717, 1.165) is 35.7 Å². The molecule has 0 heterocycles. The first-order chi connectivity index (χ1) is 12.6. The fourth-order valence-corrected chi connectivity index (χ4v) is 2.62. The maximum Gasteiger partial charge on any atom is 0.331 e. The van der Waals surface area contributed by atoms with Gasteiger partial charge in [-0.15, -0.1) is 0 Å². The molecular weight excluding hydrogens is 322 g/mol. The van der Waals surface area contributed by atoms with Crippen LogP contribution in [0.1, 0.15) is 42.0 Å². The van der Waals surface area contributed by atoms with Crippen molar-refractivity contribution in [2.24, 2.45) is 5.92 Å². The van der Waals surface area contributed by atoms with Crippen LogP contribution in [0.15, 0.2) is 54.1 Å². The highest BCUT2D eigenvalue weighted by atomic mass is 16.4. The first-order valence-electron chi connectivity index (χ1n) is 8.93. The normalized spacial score (nSPS) is 13.8. The second-order valence-electron chi connectivity index (χ2n) is 6.78. The number of carboxylic acid groups (broad SMARTS) is 1. The first kappa shape index (κ1) is 18.0. The van der Waals surface area contributed by atoms with Crippen molar-refractivity contribution < 1.29 is 9.90 Å². The van der Waals surface area contributed by atoms with Gasteiger partial charge in [0.25, 0.3) is 0 Å². The molecule has 2 N–H and O–H groups in total. The summed E-state index contributed by atoms with van der Waals surface area (Å²) in [7, 11) is 0. The molecule has 0 amide bonds. The third-order valence-electron chi connectivity index (χ3n) is 4.37. The minimum atomic E-state index is -0.902. The number of benzene rings is 2. The van der Waals surface area contributed by atoms with Crippen LogP contribution in [0.3, 0.4) is 0 Å². The Labute approximate surface area is 154 Å². The Morgan fingerprint density at radius 3 is 2.58 bits per heavy atom. The van der Waals surface area contributed by atoms with Crippen molar-refractivity contribution in [1.29, 1.82) is 0 Å². The standard InChI is InChI=1S/C23H23NO2/c1-17(23(25)26)13-20-9-6-18(7-10-20)5-8-19-3-2-4-22(14-19)16-24-15-21-11-12-21/h2-4,6-7,9-10,13-14,21,24H,11-12,15-16H2,1H3,(H,25,26). The van der Waals surface area contributed by atoms with Gasteiger partial charge in [-0.3, -0.25) is 0 Å². The molecule has 0 bridgehead atoms. The fourth-order valence-electron chi connectivity index (χ4n) is 2.62. The van der Waals surface area contributed by atoms with E-state index >= 15 is 0 Å². The van der Waals surface area contributed by atoms with Gasteiger partial charge < -0.3 is 10.4 Å². The van der Waals surface area contributed by atoms with Crippen molar-refractivity contribution in [3.8, 4) is 11.8 Å². The Hall–Kier alpha value is -2.83. The molecule has 0 saturated heterocycles. The van der Waals surface area contributed by atoms with Crippen LogP contribution in [0.2, 0.25) is 0 Å². The molecule has 3 rings (SSSR count). The van der Waals surface area contributed by atoms with E-state index in [-0.39, 0.29) is 0 Å². The van der Waals surface area contributed by atoms with Gasteiger partial charge in [0, 0.05) is 23.2 Å². The zero-order valence-electron chi connectivity index (χ0n) is 15.0. The van der Waals surface area contributed by atoms with Crippen molar-refractivity contribution in [2.75, 3.05) is 6.54 Å². The topological polar surface area (TPSA) is 49.3 Å². The molecule has 0 radical (unpaired) electrons. The molecule has 1 saturated carbocycles. The van der Waals surface area contributed by atoms with Crippen molar-refractivity contribution in [3.63, 3.8) is 0 Å². The van der Waals surface area contributed by atoms with Crippen LogP contribution in [0.5, 0.6) is 0 Å². The van der Waals surface area contributed by atoms with E-state index in [4.69, 9.17) is 5.11 Å². The number of carbonyl (C=O) groups is 1. The van der Waals surface area contributed by atoms with E-state index in [1.807, 2.05) is 36.4 Å². The molecule has 0 unspecified atom stereocenters. The van der Waals surface area contributed by atoms with Crippen molar-refractivity contribution in [1.82, 2.24) is 5.32 Å². The van der Waals surface area contributed by atoms with E-state index in [0.29, 0.717) is 5.57 Å². The highest BCUT2D eigenvalue weighted by molar-refractivity contribution is 5.91. The van der Waals surface area contributed by atoms with E-state index in [2.05, 4.69) is 29.3 Å². The lowest BCUT2D eigenvalue weighted by Crippen LogP contribution is -2.16. The van der Waals surface area contributed by atoms with Crippen LogP contribution in [0.25, 0.3) is 6.08 Å². The molecule has 0 aliphatic heterocycles. The summed E-state index contributed by atoms with van der Waals surface area (Å²) < 4.78 is 0. The molecule has 1 aliphatic carbocycles. The van der Waals surface area contributed by atoms with E-state index in [1.165, 1.54) is 18.4 Å². The maximum atomic E-state index is 10.9. The van der Waals surface area contributed by atoms with Gasteiger partial charge in [-0.2, -0.15) is 0 Å². The highest BCUT2D eigenvalue weighted by Crippen LogP contribution is 2.27. The lowest BCUT2D eigenvalue weighted by atomic mass is 10.1. The van der Waals surface area contributed by atoms with Crippen molar-refractivity contribution in [3.05, 3.63) is 76.4 Å². The van der Waals surface area contributed by atoms with Gasteiger partial charge in [-0.25, -0.2) is 4.79 Å². The number of rotatable bonds is 6. The van der Waals surface area contributed by atoms with E-state index in [9.17, 15) is 4.79 Å². The molecule has 3 nitrogen and oxygen atoms in total. The average Bonchev–Trinajstić information content (AvgIpc) is 3.46. The van der Waals surface area contributed by atoms with Gasteiger partial charge in [-0.1, -0.05) is 36.1 Å². The molecule has 1 aliphatic rings. The zero-order valence-corrected chi connectivity index (χ0v) is 15.0. The van der Waals surface area contributed by atoms with Crippen molar-refractivity contribution in [2.45, 2.75) is 26.3 Å². The minimum absolute atomic E-state index is 0.316. The molecule has 0 spiro atoms. The largest absolute Gasteiger partial charge is 0.478 e. The summed E-state index contributed by atoms with van der Waals surface area (Å²) >= 11 is 0.